The summed E-state index contributed by atoms with van der Waals surface area (Å²) in [4.78, 5) is 2.21. The molecular weight excluding hydrogens is 350 g/mol. The standard InChI is InChI=1S/C28H25N/c1-18-13-14-24-22-11-6-5-9-20(22)21-10-7-8-12-23(21)27-17-28(29(3)4)19(2)16-26(27)25(24)15-18/h5-17H,1-4H3. The molecule has 4 aromatic rings. The molecule has 5 rings (SSSR count). The smallest absolute Gasteiger partial charge is 0.0397 e. The lowest BCUT2D eigenvalue weighted by Gasteiger charge is -2.26. The molecule has 0 atom stereocenters. The Morgan fingerprint density at radius 3 is 1.48 bits per heavy atom. The largest absolute Gasteiger partial charge is 0.377 e. The van der Waals surface area contributed by atoms with Gasteiger partial charge < -0.3 is 4.90 Å². The number of anilines is 1. The van der Waals surface area contributed by atoms with E-state index in [0.717, 1.165) is 0 Å². The van der Waals surface area contributed by atoms with E-state index in [2.05, 4.69) is 112 Å². The normalized spacial score (nSPS) is 11.4. The minimum Gasteiger partial charge on any atom is -0.377 e. The molecule has 0 unspecified atom stereocenters. The average Bonchev–Trinajstić information content (AvgIpc) is 2.72. The van der Waals surface area contributed by atoms with E-state index in [4.69, 9.17) is 0 Å². The Morgan fingerprint density at radius 2 is 0.931 bits per heavy atom. The zero-order valence-electron chi connectivity index (χ0n) is 17.5. The van der Waals surface area contributed by atoms with Crippen molar-refractivity contribution in [3.63, 3.8) is 0 Å². The molecule has 0 aromatic heterocycles. The molecule has 1 heteroatoms. The topological polar surface area (TPSA) is 3.24 Å². The van der Waals surface area contributed by atoms with Crippen LogP contribution in [0, 0.1) is 13.8 Å². The molecule has 0 amide bonds. The zero-order chi connectivity index (χ0) is 20.1. The van der Waals surface area contributed by atoms with Gasteiger partial charge in [-0.1, -0.05) is 72.3 Å². The van der Waals surface area contributed by atoms with Crippen LogP contribution in [-0.2, 0) is 0 Å². The van der Waals surface area contributed by atoms with E-state index >= 15 is 0 Å². The molecule has 0 saturated heterocycles. The number of nitrogens with zero attached hydrogens (tertiary/aromatic N) is 1. The summed E-state index contributed by atoms with van der Waals surface area (Å²) in [7, 11) is 4.24. The van der Waals surface area contributed by atoms with Gasteiger partial charge in [-0.2, -0.15) is 0 Å². The Bertz CT molecular complexity index is 1250. The maximum Gasteiger partial charge on any atom is 0.0397 e. The molecule has 0 aliphatic heterocycles. The molecule has 0 N–H and O–H groups in total. The van der Waals surface area contributed by atoms with Crippen LogP contribution >= 0.6 is 0 Å². The van der Waals surface area contributed by atoms with Gasteiger partial charge in [-0.05, 0) is 76.1 Å². The van der Waals surface area contributed by atoms with Crippen molar-refractivity contribution >= 4 is 5.69 Å². The number of fused-ring (bicyclic) bond motifs is 8. The van der Waals surface area contributed by atoms with E-state index in [9.17, 15) is 0 Å². The Hall–Kier alpha value is -3.32. The number of hydrogen-bond donors (Lipinski definition) is 0. The van der Waals surface area contributed by atoms with Crippen LogP contribution in [0.15, 0.2) is 78.9 Å². The van der Waals surface area contributed by atoms with Gasteiger partial charge in [0.05, 0.1) is 0 Å². The second-order valence-electron chi connectivity index (χ2n) is 8.22. The number of aryl methyl sites for hydroxylation is 2. The van der Waals surface area contributed by atoms with Gasteiger partial charge in [0.2, 0.25) is 0 Å². The van der Waals surface area contributed by atoms with E-state index in [1.807, 2.05) is 0 Å². The van der Waals surface area contributed by atoms with Gasteiger partial charge in [-0.25, -0.2) is 0 Å². The fourth-order valence-corrected chi connectivity index (χ4v) is 4.65. The Balaban J connectivity index is 1.99. The molecule has 0 saturated carbocycles. The van der Waals surface area contributed by atoms with Crippen LogP contribution in [0.1, 0.15) is 11.1 Å². The highest BCUT2D eigenvalue weighted by Gasteiger charge is 2.22. The maximum atomic E-state index is 2.37. The SMILES string of the molecule is Cc1ccc2c(c1)-c1cc(C)c(N(C)C)cc1-c1ccccc1-c1ccccc1-2. The van der Waals surface area contributed by atoms with Gasteiger partial charge in [-0.15, -0.1) is 0 Å². The second-order valence-corrected chi connectivity index (χ2v) is 8.22. The average molecular weight is 376 g/mol. The van der Waals surface area contributed by atoms with Crippen molar-refractivity contribution < 1.29 is 0 Å². The molecule has 4 aromatic carbocycles. The minimum atomic E-state index is 1.27. The van der Waals surface area contributed by atoms with Crippen LogP contribution in [0.4, 0.5) is 5.69 Å². The zero-order valence-corrected chi connectivity index (χ0v) is 17.5. The van der Waals surface area contributed by atoms with E-state index in [1.54, 1.807) is 0 Å². The molecule has 0 bridgehead atoms. The van der Waals surface area contributed by atoms with Crippen molar-refractivity contribution in [3.05, 3.63) is 90.0 Å². The van der Waals surface area contributed by atoms with Gasteiger partial charge in [0, 0.05) is 19.8 Å². The predicted octanol–water partition coefficient (Wildman–Crippen LogP) is 7.35. The first-order valence-electron chi connectivity index (χ1n) is 10.2. The van der Waals surface area contributed by atoms with Crippen molar-refractivity contribution in [2.45, 2.75) is 13.8 Å². The lowest BCUT2D eigenvalue weighted by molar-refractivity contribution is 1.11. The van der Waals surface area contributed by atoms with Crippen LogP contribution in [0.5, 0.6) is 0 Å². The Labute approximate surface area is 173 Å². The van der Waals surface area contributed by atoms with Crippen LogP contribution < -0.4 is 4.90 Å². The van der Waals surface area contributed by atoms with E-state index < -0.39 is 0 Å². The van der Waals surface area contributed by atoms with Crippen molar-refractivity contribution in [1.82, 2.24) is 0 Å². The van der Waals surface area contributed by atoms with Gasteiger partial charge in [0.25, 0.3) is 0 Å². The maximum absolute atomic E-state index is 2.37. The molecule has 0 radical (unpaired) electrons. The molecule has 29 heavy (non-hydrogen) atoms. The van der Waals surface area contributed by atoms with Crippen molar-refractivity contribution in [2.24, 2.45) is 0 Å². The number of rotatable bonds is 1. The Morgan fingerprint density at radius 1 is 0.483 bits per heavy atom. The van der Waals surface area contributed by atoms with E-state index in [0.29, 0.717) is 0 Å². The van der Waals surface area contributed by atoms with Crippen molar-refractivity contribution in [1.29, 1.82) is 0 Å². The summed E-state index contributed by atoms with van der Waals surface area (Å²) in [6, 6.07) is 29.2. The highest BCUT2D eigenvalue weighted by atomic mass is 15.1. The van der Waals surface area contributed by atoms with Crippen LogP contribution in [0.25, 0.3) is 44.5 Å². The fraction of sp³-hybridized carbons (Fsp3) is 0.143. The first kappa shape index (κ1) is 17.8. The van der Waals surface area contributed by atoms with Crippen LogP contribution in [0.2, 0.25) is 0 Å². The van der Waals surface area contributed by atoms with E-state index in [1.165, 1.54) is 61.3 Å². The van der Waals surface area contributed by atoms with Crippen molar-refractivity contribution in [3.8, 4) is 44.5 Å². The first-order valence-corrected chi connectivity index (χ1v) is 10.2. The summed E-state index contributed by atoms with van der Waals surface area (Å²) in [6.45, 7) is 4.39. The summed E-state index contributed by atoms with van der Waals surface area (Å²) in [5.41, 5.74) is 14.3. The molecule has 0 spiro atoms. The summed E-state index contributed by atoms with van der Waals surface area (Å²) < 4.78 is 0. The lowest BCUT2D eigenvalue weighted by Crippen LogP contribution is -2.11. The molecule has 1 nitrogen and oxygen atoms in total. The van der Waals surface area contributed by atoms with E-state index in [-0.39, 0.29) is 0 Å². The first-order chi connectivity index (χ1) is 14.0. The van der Waals surface area contributed by atoms with Crippen molar-refractivity contribution in [2.75, 3.05) is 19.0 Å². The highest BCUT2D eigenvalue weighted by Crippen LogP contribution is 2.49. The monoisotopic (exact) mass is 375 g/mol. The molecule has 0 heterocycles. The second kappa shape index (κ2) is 6.63. The van der Waals surface area contributed by atoms with Crippen LogP contribution in [0.3, 0.4) is 0 Å². The molecule has 142 valence electrons. The number of hydrogen-bond acceptors (Lipinski definition) is 1. The quantitative estimate of drug-likeness (QED) is 0.296. The fourth-order valence-electron chi connectivity index (χ4n) is 4.65. The third-order valence-electron chi connectivity index (χ3n) is 6.01. The third kappa shape index (κ3) is 2.77. The summed E-state index contributed by atoms with van der Waals surface area (Å²) in [5.74, 6) is 0. The summed E-state index contributed by atoms with van der Waals surface area (Å²) in [5, 5.41) is 0. The summed E-state index contributed by atoms with van der Waals surface area (Å²) >= 11 is 0. The highest BCUT2D eigenvalue weighted by molar-refractivity contribution is 6.04. The van der Waals surface area contributed by atoms with Gasteiger partial charge >= 0.3 is 0 Å². The number of benzene rings is 4. The predicted molar refractivity (Wildman–Crippen MR) is 126 cm³/mol. The van der Waals surface area contributed by atoms with Gasteiger partial charge in [0.15, 0.2) is 0 Å². The van der Waals surface area contributed by atoms with Gasteiger partial charge in [-0.3, -0.25) is 0 Å². The summed E-state index contributed by atoms with van der Waals surface area (Å²) in [6.07, 6.45) is 0. The van der Waals surface area contributed by atoms with Crippen LogP contribution in [-0.4, -0.2) is 14.1 Å². The minimum absolute atomic E-state index is 1.27. The van der Waals surface area contributed by atoms with Gasteiger partial charge in [0.1, 0.15) is 0 Å². The molecule has 1 aliphatic carbocycles. The molecular formula is C28H25N. The lowest BCUT2D eigenvalue weighted by atomic mass is 9.80. The molecule has 0 fully saturated rings. The Kier molecular flexibility index (Phi) is 4.06. The third-order valence-corrected chi connectivity index (χ3v) is 6.01. The molecule has 1 aliphatic rings.